The van der Waals surface area contributed by atoms with E-state index in [1.165, 1.54) is 18.9 Å². The fourth-order valence-electron chi connectivity index (χ4n) is 1.84. The zero-order chi connectivity index (χ0) is 11.7. The molecule has 1 aromatic heterocycles. The maximum absolute atomic E-state index is 10.8. The van der Waals surface area contributed by atoms with Gasteiger partial charge in [0.1, 0.15) is 5.82 Å². The minimum Gasteiger partial charge on any atom is -0.477 e. The van der Waals surface area contributed by atoms with Gasteiger partial charge in [0.15, 0.2) is 5.69 Å². The van der Waals surface area contributed by atoms with E-state index in [9.17, 15) is 4.79 Å². The summed E-state index contributed by atoms with van der Waals surface area (Å²) in [6.45, 7) is 2.16. The molecule has 1 aliphatic rings. The van der Waals surface area contributed by atoms with Crippen molar-refractivity contribution in [2.75, 3.05) is 11.9 Å². The fourth-order valence-corrected chi connectivity index (χ4v) is 1.84. The highest BCUT2D eigenvalue weighted by atomic mass is 16.4. The third-order valence-corrected chi connectivity index (χ3v) is 3.23. The molecule has 1 fully saturated rings. The molecule has 0 radical (unpaired) electrons. The van der Waals surface area contributed by atoms with Crippen LogP contribution in [0.15, 0.2) is 18.2 Å². The second kappa shape index (κ2) is 4.12. The molecule has 16 heavy (non-hydrogen) atoms. The minimum atomic E-state index is -0.977. The maximum atomic E-state index is 10.8. The first kappa shape index (κ1) is 10.9. The van der Waals surface area contributed by atoms with Gasteiger partial charge in [0.05, 0.1) is 0 Å². The van der Waals surface area contributed by atoms with Crippen LogP contribution in [0.5, 0.6) is 0 Å². The maximum Gasteiger partial charge on any atom is 0.354 e. The second-order valence-electron chi connectivity index (χ2n) is 4.38. The van der Waals surface area contributed by atoms with E-state index in [1.54, 1.807) is 6.07 Å². The van der Waals surface area contributed by atoms with Crippen LogP contribution in [0.1, 0.15) is 30.3 Å². The Labute approximate surface area is 94.9 Å². The van der Waals surface area contributed by atoms with Crippen molar-refractivity contribution in [2.24, 2.45) is 5.92 Å². The number of carboxylic acid groups (broad SMARTS) is 1. The molecule has 1 N–H and O–H groups in total. The van der Waals surface area contributed by atoms with Gasteiger partial charge < -0.3 is 10.0 Å². The summed E-state index contributed by atoms with van der Waals surface area (Å²) in [7, 11) is 1.97. The lowest BCUT2D eigenvalue weighted by Crippen LogP contribution is -2.31. The third-order valence-electron chi connectivity index (χ3n) is 3.23. The number of carboxylic acids is 1. The van der Waals surface area contributed by atoms with Gasteiger partial charge in [-0.05, 0) is 37.8 Å². The van der Waals surface area contributed by atoms with E-state index in [1.807, 2.05) is 13.1 Å². The van der Waals surface area contributed by atoms with Crippen molar-refractivity contribution in [1.82, 2.24) is 4.98 Å². The monoisotopic (exact) mass is 220 g/mol. The number of aromatic nitrogens is 1. The van der Waals surface area contributed by atoms with Crippen molar-refractivity contribution in [2.45, 2.75) is 25.8 Å². The molecule has 1 heterocycles. The number of carbonyl (C=O) groups is 1. The summed E-state index contributed by atoms with van der Waals surface area (Å²) >= 11 is 0. The van der Waals surface area contributed by atoms with Gasteiger partial charge in [-0.3, -0.25) is 0 Å². The third kappa shape index (κ3) is 2.15. The predicted octanol–water partition coefficient (Wildman–Crippen LogP) is 2.01. The molecule has 1 aromatic rings. The number of hydrogen-bond acceptors (Lipinski definition) is 3. The lowest BCUT2D eigenvalue weighted by molar-refractivity contribution is 0.0690. The summed E-state index contributed by atoms with van der Waals surface area (Å²) in [5.74, 6) is 0.494. The molecule has 0 spiro atoms. The van der Waals surface area contributed by atoms with Gasteiger partial charge in [0.25, 0.3) is 0 Å². The van der Waals surface area contributed by atoms with Crippen LogP contribution in [-0.2, 0) is 0 Å². The van der Waals surface area contributed by atoms with Gasteiger partial charge in [-0.1, -0.05) is 6.07 Å². The van der Waals surface area contributed by atoms with E-state index < -0.39 is 5.97 Å². The van der Waals surface area contributed by atoms with Crippen LogP contribution in [0.2, 0.25) is 0 Å². The molecule has 0 aliphatic heterocycles. The van der Waals surface area contributed by atoms with E-state index in [0.717, 1.165) is 11.7 Å². The first-order valence-electron chi connectivity index (χ1n) is 5.53. The van der Waals surface area contributed by atoms with Crippen LogP contribution in [0.3, 0.4) is 0 Å². The smallest absolute Gasteiger partial charge is 0.354 e. The number of rotatable bonds is 4. The Balaban J connectivity index is 2.18. The van der Waals surface area contributed by atoms with Crippen molar-refractivity contribution in [3.8, 4) is 0 Å². The van der Waals surface area contributed by atoms with Crippen molar-refractivity contribution >= 4 is 11.8 Å². The molecule has 0 saturated heterocycles. The largest absolute Gasteiger partial charge is 0.477 e. The summed E-state index contributed by atoms with van der Waals surface area (Å²) in [4.78, 5) is 17.0. The molecule has 86 valence electrons. The molecule has 1 unspecified atom stereocenters. The summed E-state index contributed by atoms with van der Waals surface area (Å²) in [5.41, 5.74) is 0.104. The average molecular weight is 220 g/mol. The van der Waals surface area contributed by atoms with Crippen LogP contribution in [0.4, 0.5) is 5.82 Å². The van der Waals surface area contributed by atoms with Gasteiger partial charge in [-0.15, -0.1) is 0 Å². The molecular weight excluding hydrogens is 204 g/mol. The van der Waals surface area contributed by atoms with Crippen LogP contribution < -0.4 is 4.90 Å². The highest BCUT2D eigenvalue weighted by Crippen LogP contribution is 2.35. The SMILES string of the molecule is CC(C1CC1)N(C)c1cccc(C(=O)O)n1. The molecular formula is C12H16N2O2. The van der Waals surface area contributed by atoms with Gasteiger partial charge in [-0.2, -0.15) is 0 Å². The molecule has 1 atom stereocenters. The highest BCUT2D eigenvalue weighted by Gasteiger charge is 2.31. The zero-order valence-electron chi connectivity index (χ0n) is 9.55. The number of aromatic carboxylic acids is 1. The van der Waals surface area contributed by atoms with Crippen molar-refractivity contribution in [3.63, 3.8) is 0 Å². The number of pyridine rings is 1. The number of anilines is 1. The molecule has 4 heteroatoms. The first-order valence-corrected chi connectivity index (χ1v) is 5.53. The van der Waals surface area contributed by atoms with E-state index in [-0.39, 0.29) is 5.69 Å². The van der Waals surface area contributed by atoms with Crippen LogP contribution in [0, 0.1) is 5.92 Å². The van der Waals surface area contributed by atoms with Crippen molar-refractivity contribution in [3.05, 3.63) is 23.9 Å². The minimum absolute atomic E-state index is 0.104. The summed E-state index contributed by atoms with van der Waals surface area (Å²) in [6, 6.07) is 5.53. The molecule has 1 saturated carbocycles. The van der Waals surface area contributed by atoms with Crippen LogP contribution >= 0.6 is 0 Å². The molecule has 0 bridgehead atoms. The standard InChI is InChI=1S/C12H16N2O2/c1-8(9-6-7-9)14(2)11-5-3-4-10(13-11)12(15)16/h3-5,8-9H,6-7H2,1-2H3,(H,15,16). The summed E-state index contributed by atoms with van der Waals surface area (Å²) < 4.78 is 0. The molecule has 4 nitrogen and oxygen atoms in total. The zero-order valence-corrected chi connectivity index (χ0v) is 9.55. The Morgan fingerprint density at radius 1 is 1.56 bits per heavy atom. The number of hydrogen-bond donors (Lipinski definition) is 1. The van der Waals surface area contributed by atoms with Gasteiger partial charge in [0.2, 0.25) is 0 Å². The molecule has 1 aliphatic carbocycles. The van der Waals surface area contributed by atoms with E-state index in [4.69, 9.17) is 5.11 Å². The Kier molecular flexibility index (Phi) is 2.81. The first-order chi connectivity index (χ1) is 7.59. The Morgan fingerprint density at radius 3 is 2.81 bits per heavy atom. The summed E-state index contributed by atoms with van der Waals surface area (Å²) in [5, 5.41) is 8.87. The Hall–Kier alpha value is -1.58. The Morgan fingerprint density at radius 2 is 2.25 bits per heavy atom. The lowest BCUT2D eigenvalue weighted by atomic mass is 10.2. The van der Waals surface area contributed by atoms with Gasteiger partial charge in [0, 0.05) is 13.1 Å². The normalized spacial score (nSPS) is 16.9. The molecule has 2 rings (SSSR count). The van der Waals surface area contributed by atoms with Crippen molar-refractivity contribution in [1.29, 1.82) is 0 Å². The van der Waals surface area contributed by atoms with E-state index in [2.05, 4.69) is 16.8 Å². The van der Waals surface area contributed by atoms with Crippen LogP contribution in [-0.4, -0.2) is 29.1 Å². The van der Waals surface area contributed by atoms with Crippen LogP contribution in [0.25, 0.3) is 0 Å². The van der Waals surface area contributed by atoms with Crippen molar-refractivity contribution < 1.29 is 9.90 Å². The topological polar surface area (TPSA) is 53.4 Å². The highest BCUT2D eigenvalue weighted by molar-refractivity contribution is 5.85. The Bertz CT molecular complexity index is 402. The van der Waals surface area contributed by atoms with Gasteiger partial charge in [-0.25, -0.2) is 9.78 Å². The average Bonchev–Trinajstić information content (AvgIpc) is 3.11. The predicted molar refractivity (Wildman–Crippen MR) is 61.8 cm³/mol. The van der Waals surface area contributed by atoms with Gasteiger partial charge >= 0.3 is 5.97 Å². The lowest BCUT2D eigenvalue weighted by Gasteiger charge is -2.25. The molecule has 0 amide bonds. The van der Waals surface area contributed by atoms with E-state index >= 15 is 0 Å². The quantitative estimate of drug-likeness (QED) is 0.843. The second-order valence-corrected chi connectivity index (χ2v) is 4.38. The fraction of sp³-hybridized carbons (Fsp3) is 0.500. The number of nitrogens with zero attached hydrogens (tertiary/aromatic N) is 2. The molecule has 0 aromatic carbocycles. The van der Waals surface area contributed by atoms with E-state index in [0.29, 0.717) is 6.04 Å². The summed E-state index contributed by atoms with van der Waals surface area (Å²) in [6.07, 6.45) is 2.54.